The van der Waals surface area contributed by atoms with E-state index in [1.807, 2.05) is 25.1 Å². The molecule has 0 spiro atoms. The molecule has 2 aromatic carbocycles. The molecule has 1 N–H and O–H groups in total. The highest BCUT2D eigenvalue weighted by Gasteiger charge is 2.20. The molecule has 2 rings (SSSR count). The van der Waals surface area contributed by atoms with Gasteiger partial charge < -0.3 is 4.90 Å². The van der Waals surface area contributed by atoms with Crippen LogP contribution < -0.4 is 9.62 Å². The van der Waals surface area contributed by atoms with Gasteiger partial charge in [-0.05, 0) is 42.8 Å². The Bertz CT molecular complexity index is 807. The zero-order chi connectivity index (χ0) is 16.5. The van der Waals surface area contributed by atoms with Crippen LogP contribution in [0.15, 0.2) is 41.3 Å². The van der Waals surface area contributed by atoms with Crippen LogP contribution in [0.2, 0.25) is 5.02 Å². The molecule has 0 aliphatic heterocycles. The molecule has 4 nitrogen and oxygen atoms in total. The lowest BCUT2D eigenvalue weighted by Gasteiger charge is -2.19. The van der Waals surface area contributed by atoms with Gasteiger partial charge in [0, 0.05) is 19.8 Å². The van der Waals surface area contributed by atoms with Crippen LogP contribution in [0.25, 0.3) is 0 Å². The number of rotatable bonds is 4. The Morgan fingerprint density at radius 1 is 1.18 bits per heavy atom. The fourth-order valence-electron chi connectivity index (χ4n) is 2.10. The first-order chi connectivity index (χ1) is 10.2. The van der Waals surface area contributed by atoms with Crippen molar-refractivity contribution < 1.29 is 12.8 Å². The van der Waals surface area contributed by atoms with Gasteiger partial charge in [-0.1, -0.05) is 17.7 Å². The van der Waals surface area contributed by atoms with Crippen molar-refractivity contribution in [3.63, 3.8) is 0 Å². The van der Waals surface area contributed by atoms with Crippen LogP contribution in [-0.2, 0) is 10.0 Å². The number of anilines is 2. The third-order valence-electron chi connectivity index (χ3n) is 3.21. The fourth-order valence-corrected chi connectivity index (χ4v) is 3.74. The number of nitrogens with zero attached hydrogens (tertiary/aromatic N) is 1. The molecular weight excluding hydrogens is 327 g/mol. The largest absolute Gasteiger partial charge is 0.377 e. The standard InChI is InChI=1S/C15H16ClFN2O2S/c1-10-13(5-4-6-14(10)19(2)3)18-22(20,21)15-9-11(17)7-8-12(15)16/h4-9,18H,1-3H3. The summed E-state index contributed by atoms with van der Waals surface area (Å²) in [6.45, 7) is 1.81. The minimum Gasteiger partial charge on any atom is -0.377 e. The molecule has 0 fully saturated rings. The Labute approximate surface area is 134 Å². The predicted molar refractivity (Wildman–Crippen MR) is 87.7 cm³/mol. The highest BCUT2D eigenvalue weighted by Crippen LogP contribution is 2.29. The van der Waals surface area contributed by atoms with Crippen molar-refractivity contribution in [1.82, 2.24) is 0 Å². The summed E-state index contributed by atoms with van der Waals surface area (Å²) in [6.07, 6.45) is 0. The van der Waals surface area contributed by atoms with E-state index in [4.69, 9.17) is 11.6 Å². The molecule has 118 valence electrons. The number of benzene rings is 2. The van der Waals surface area contributed by atoms with E-state index in [2.05, 4.69) is 4.72 Å². The van der Waals surface area contributed by atoms with Crippen molar-refractivity contribution in [3.05, 3.63) is 52.8 Å². The quantitative estimate of drug-likeness (QED) is 0.922. The third kappa shape index (κ3) is 3.34. The Morgan fingerprint density at radius 2 is 1.86 bits per heavy atom. The number of halogens is 2. The molecule has 0 unspecified atom stereocenters. The molecule has 2 aromatic rings. The number of hydrogen-bond donors (Lipinski definition) is 1. The highest BCUT2D eigenvalue weighted by atomic mass is 35.5. The van der Waals surface area contributed by atoms with Gasteiger partial charge in [-0.15, -0.1) is 0 Å². The van der Waals surface area contributed by atoms with E-state index in [0.29, 0.717) is 5.69 Å². The molecule has 22 heavy (non-hydrogen) atoms. The average Bonchev–Trinajstić information content (AvgIpc) is 2.43. The van der Waals surface area contributed by atoms with E-state index in [1.54, 1.807) is 19.1 Å². The van der Waals surface area contributed by atoms with Crippen molar-refractivity contribution >= 4 is 33.0 Å². The second-order valence-corrected chi connectivity index (χ2v) is 7.08. The molecule has 0 heterocycles. The zero-order valence-electron chi connectivity index (χ0n) is 12.4. The van der Waals surface area contributed by atoms with Gasteiger partial charge in [0.15, 0.2) is 0 Å². The summed E-state index contributed by atoms with van der Waals surface area (Å²) in [4.78, 5) is 1.59. The van der Waals surface area contributed by atoms with Crippen LogP contribution in [-0.4, -0.2) is 22.5 Å². The molecular formula is C15H16ClFN2O2S. The molecule has 0 saturated carbocycles. The summed E-state index contributed by atoms with van der Waals surface area (Å²) in [6, 6.07) is 8.49. The van der Waals surface area contributed by atoms with Gasteiger partial charge in [-0.3, -0.25) is 4.72 Å². The normalized spacial score (nSPS) is 11.3. The van der Waals surface area contributed by atoms with Crippen molar-refractivity contribution in [2.24, 2.45) is 0 Å². The van der Waals surface area contributed by atoms with E-state index >= 15 is 0 Å². The van der Waals surface area contributed by atoms with Crippen LogP contribution in [0.5, 0.6) is 0 Å². The number of sulfonamides is 1. The molecule has 0 aromatic heterocycles. The van der Waals surface area contributed by atoms with Crippen molar-refractivity contribution in [2.75, 3.05) is 23.7 Å². The summed E-state index contributed by atoms with van der Waals surface area (Å²) in [5.41, 5.74) is 2.07. The number of hydrogen-bond acceptors (Lipinski definition) is 3. The third-order valence-corrected chi connectivity index (χ3v) is 5.06. The summed E-state index contributed by atoms with van der Waals surface area (Å²) in [5, 5.41) is -0.0321. The van der Waals surface area contributed by atoms with E-state index in [9.17, 15) is 12.8 Å². The van der Waals surface area contributed by atoms with Gasteiger partial charge in [0.1, 0.15) is 10.7 Å². The van der Waals surface area contributed by atoms with E-state index in [1.165, 1.54) is 6.07 Å². The lowest BCUT2D eigenvalue weighted by atomic mass is 10.1. The Balaban J connectivity index is 2.46. The SMILES string of the molecule is Cc1c(NS(=O)(=O)c2cc(F)ccc2Cl)cccc1N(C)C. The first-order valence-corrected chi connectivity index (χ1v) is 8.33. The van der Waals surface area contributed by atoms with Gasteiger partial charge in [0.25, 0.3) is 10.0 Å². The lowest BCUT2D eigenvalue weighted by Crippen LogP contribution is -2.16. The molecule has 7 heteroatoms. The van der Waals surface area contributed by atoms with Crippen LogP contribution in [0, 0.1) is 12.7 Å². The monoisotopic (exact) mass is 342 g/mol. The zero-order valence-corrected chi connectivity index (χ0v) is 14.0. The smallest absolute Gasteiger partial charge is 0.263 e. The summed E-state index contributed by atoms with van der Waals surface area (Å²) in [5.74, 6) is -0.663. The van der Waals surface area contributed by atoms with E-state index < -0.39 is 15.8 Å². The molecule has 0 atom stereocenters. The predicted octanol–water partition coefficient (Wildman–Crippen LogP) is 3.65. The summed E-state index contributed by atoms with van der Waals surface area (Å²) < 4.78 is 40.6. The second-order valence-electron chi connectivity index (χ2n) is 5.02. The molecule has 0 aliphatic carbocycles. The molecule has 0 radical (unpaired) electrons. The average molecular weight is 343 g/mol. The van der Waals surface area contributed by atoms with Gasteiger partial charge >= 0.3 is 0 Å². The fraction of sp³-hybridized carbons (Fsp3) is 0.200. The van der Waals surface area contributed by atoms with E-state index in [0.717, 1.165) is 23.4 Å². The van der Waals surface area contributed by atoms with Gasteiger partial charge in [-0.2, -0.15) is 0 Å². The minimum absolute atomic E-state index is 0.0321. The topological polar surface area (TPSA) is 49.4 Å². The van der Waals surface area contributed by atoms with Crippen LogP contribution >= 0.6 is 11.6 Å². The first kappa shape index (κ1) is 16.6. The lowest BCUT2D eigenvalue weighted by molar-refractivity contribution is 0.595. The summed E-state index contributed by atoms with van der Waals surface area (Å²) in [7, 11) is -0.242. The van der Waals surface area contributed by atoms with Gasteiger partial charge in [0.2, 0.25) is 0 Å². The summed E-state index contributed by atoms with van der Waals surface area (Å²) >= 11 is 5.87. The Hall–Kier alpha value is -1.79. The van der Waals surface area contributed by atoms with Crippen LogP contribution in [0.3, 0.4) is 0 Å². The van der Waals surface area contributed by atoms with Crippen LogP contribution in [0.1, 0.15) is 5.56 Å². The highest BCUT2D eigenvalue weighted by molar-refractivity contribution is 7.92. The van der Waals surface area contributed by atoms with Gasteiger partial charge in [-0.25, -0.2) is 12.8 Å². The maximum atomic E-state index is 13.3. The molecule has 0 aliphatic rings. The van der Waals surface area contributed by atoms with Crippen molar-refractivity contribution in [2.45, 2.75) is 11.8 Å². The minimum atomic E-state index is -3.97. The maximum Gasteiger partial charge on any atom is 0.263 e. The maximum absolute atomic E-state index is 13.3. The van der Waals surface area contributed by atoms with Gasteiger partial charge in [0.05, 0.1) is 10.7 Å². The molecule has 0 amide bonds. The second kappa shape index (κ2) is 6.14. The Morgan fingerprint density at radius 3 is 2.50 bits per heavy atom. The molecule has 0 saturated heterocycles. The molecule has 0 bridgehead atoms. The van der Waals surface area contributed by atoms with Crippen molar-refractivity contribution in [1.29, 1.82) is 0 Å². The number of nitrogens with one attached hydrogen (secondary N) is 1. The Kier molecular flexibility index (Phi) is 4.63. The van der Waals surface area contributed by atoms with Crippen LogP contribution in [0.4, 0.5) is 15.8 Å². The first-order valence-electron chi connectivity index (χ1n) is 6.47. The van der Waals surface area contributed by atoms with Crippen molar-refractivity contribution in [3.8, 4) is 0 Å². The van der Waals surface area contributed by atoms with E-state index in [-0.39, 0.29) is 9.92 Å².